The minimum absolute atomic E-state index is 0.255. The van der Waals surface area contributed by atoms with Crippen LogP contribution in [0, 0.1) is 14.5 Å². The lowest BCUT2D eigenvalue weighted by molar-refractivity contribution is 0.563. The summed E-state index contributed by atoms with van der Waals surface area (Å²) >= 11 is 3.82. The Morgan fingerprint density at radius 2 is 2.06 bits per heavy atom. The standard InChI is InChI=1S/C12H10F2INS/c13-9-2-1-7(10(14)5-9)3-11(16)8-4-12(15)17-6-8/h1-2,4-6,11H,3,16H2. The Morgan fingerprint density at radius 3 is 2.65 bits per heavy atom. The molecule has 0 spiro atoms. The Hall–Kier alpha value is -0.530. The number of hydrogen-bond donors (Lipinski definition) is 1. The summed E-state index contributed by atoms with van der Waals surface area (Å²) in [7, 11) is 0. The molecule has 1 heterocycles. The van der Waals surface area contributed by atoms with Gasteiger partial charge in [-0.1, -0.05) is 6.07 Å². The third kappa shape index (κ3) is 3.23. The summed E-state index contributed by atoms with van der Waals surface area (Å²) in [5.74, 6) is -1.10. The number of benzene rings is 1. The average molecular weight is 365 g/mol. The monoisotopic (exact) mass is 365 g/mol. The maximum atomic E-state index is 13.4. The first kappa shape index (κ1) is 12.9. The largest absolute Gasteiger partial charge is 0.324 e. The fourth-order valence-electron chi connectivity index (χ4n) is 1.56. The number of halogens is 3. The van der Waals surface area contributed by atoms with E-state index in [1.807, 2.05) is 11.4 Å². The van der Waals surface area contributed by atoms with Gasteiger partial charge in [-0.05, 0) is 57.7 Å². The fourth-order valence-corrected chi connectivity index (χ4v) is 3.00. The molecule has 1 aromatic carbocycles. The highest BCUT2D eigenvalue weighted by Crippen LogP contribution is 2.24. The van der Waals surface area contributed by atoms with Crippen molar-refractivity contribution in [3.05, 3.63) is 55.3 Å². The zero-order valence-electron chi connectivity index (χ0n) is 8.79. The van der Waals surface area contributed by atoms with Crippen LogP contribution in [0.3, 0.4) is 0 Å². The van der Waals surface area contributed by atoms with Crippen LogP contribution in [0.15, 0.2) is 29.6 Å². The molecule has 0 aliphatic heterocycles. The lowest BCUT2D eigenvalue weighted by Crippen LogP contribution is -2.13. The van der Waals surface area contributed by atoms with E-state index < -0.39 is 11.6 Å². The van der Waals surface area contributed by atoms with Crippen LogP contribution in [0.1, 0.15) is 17.2 Å². The van der Waals surface area contributed by atoms with E-state index >= 15 is 0 Å². The smallest absolute Gasteiger partial charge is 0.129 e. The molecule has 0 bridgehead atoms. The van der Waals surface area contributed by atoms with Crippen LogP contribution >= 0.6 is 33.9 Å². The van der Waals surface area contributed by atoms with Crippen molar-refractivity contribution < 1.29 is 8.78 Å². The molecule has 0 aliphatic rings. The average Bonchev–Trinajstić information content (AvgIpc) is 2.69. The molecule has 0 saturated heterocycles. The van der Waals surface area contributed by atoms with Gasteiger partial charge in [0.1, 0.15) is 11.6 Å². The van der Waals surface area contributed by atoms with E-state index in [1.165, 1.54) is 12.1 Å². The van der Waals surface area contributed by atoms with Gasteiger partial charge >= 0.3 is 0 Å². The zero-order valence-corrected chi connectivity index (χ0v) is 11.8. The second-order valence-electron chi connectivity index (χ2n) is 3.73. The Labute approximate surface area is 116 Å². The van der Waals surface area contributed by atoms with Crippen molar-refractivity contribution in [3.63, 3.8) is 0 Å². The van der Waals surface area contributed by atoms with E-state index in [1.54, 1.807) is 11.3 Å². The van der Waals surface area contributed by atoms with Crippen LogP contribution < -0.4 is 5.73 Å². The molecule has 90 valence electrons. The van der Waals surface area contributed by atoms with E-state index in [9.17, 15) is 8.78 Å². The number of hydrogen-bond acceptors (Lipinski definition) is 2. The Bertz CT molecular complexity index is 527. The van der Waals surface area contributed by atoms with Crippen molar-refractivity contribution in [3.8, 4) is 0 Å². The van der Waals surface area contributed by atoms with Gasteiger partial charge in [-0.3, -0.25) is 0 Å². The maximum absolute atomic E-state index is 13.4. The maximum Gasteiger partial charge on any atom is 0.129 e. The molecule has 0 radical (unpaired) electrons. The predicted molar refractivity (Wildman–Crippen MR) is 74.0 cm³/mol. The SMILES string of the molecule is NC(Cc1ccc(F)cc1F)c1csc(I)c1. The molecule has 1 nitrogen and oxygen atoms in total. The first-order valence-corrected chi connectivity index (χ1v) is 6.95. The predicted octanol–water partition coefficient (Wildman–Crippen LogP) is 3.87. The summed E-state index contributed by atoms with van der Waals surface area (Å²) in [6.45, 7) is 0. The van der Waals surface area contributed by atoms with Gasteiger partial charge in [-0.15, -0.1) is 11.3 Å². The lowest BCUT2D eigenvalue weighted by Gasteiger charge is -2.10. The van der Waals surface area contributed by atoms with Crippen LogP contribution in [0.2, 0.25) is 0 Å². The van der Waals surface area contributed by atoms with Crippen molar-refractivity contribution in [2.24, 2.45) is 5.73 Å². The van der Waals surface area contributed by atoms with Crippen LogP contribution in [0.5, 0.6) is 0 Å². The highest BCUT2D eigenvalue weighted by atomic mass is 127. The summed E-state index contributed by atoms with van der Waals surface area (Å²) in [5, 5.41) is 1.97. The van der Waals surface area contributed by atoms with Crippen LogP contribution in [0.25, 0.3) is 0 Å². The third-order valence-corrected chi connectivity index (χ3v) is 4.28. The molecular formula is C12H10F2INS. The molecule has 0 saturated carbocycles. The third-order valence-electron chi connectivity index (χ3n) is 2.47. The first-order chi connectivity index (χ1) is 8.06. The van der Waals surface area contributed by atoms with Gasteiger partial charge in [0.2, 0.25) is 0 Å². The van der Waals surface area contributed by atoms with Crippen LogP contribution in [-0.4, -0.2) is 0 Å². The minimum atomic E-state index is -0.565. The van der Waals surface area contributed by atoms with Gasteiger partial charge in [0, 0.05) is 12.1 Å². The van der Waals surface area contributed by atoms with Crippen molar-refractivity contribution in [1.29, 1.82) is 0 Å². The van der Waals surface area contributed by atoms with Gasteiger partial charge in [0.05, 0.1) is 2.88 Å². The zero-order chi connectivity index (χ0) is 12.4. The van der Waals surface area contributed by atoms with Gasteiger partial charge < -0.3 is 5.73 Å². The lowest BCUT2D eigenvalue weighted by atomic mass is 10.0. The quantitative estimate of drug-likeness (QED) is 0.822. The van der Waals surface area contributed by atoms with Crippen molar-refractivity contribution in [2.45, 2.75) is 12.5 Å². The number of nitrogens with two attached hydrogens (primary N) is 1. The van der Waals surface area contributed by atoms with Gasteiger partial charge in [-0.2, -0.15) is 0 Å². The second kappa shape index (κ2) is 5.41. The molecular weight excluding hydrogens is 355 g/mol. The molecule has 1 aromatic heterocycles. The van der Waals surface area contributed by atoms with E-state index in [0.29, 0.717) is 12.0 Å². The highest BCUT2D eigenvalue weighted by Gasteiger charge is 2.12. The molecule has 5 heteroatoms. The summed E-state index contributed by atoms with van der Waals surface area (Å²) in [6.07, 6.45) is 0.374. The normalized spacial score (nSPS) is 12.7. The van der Waals surface area contributed by atoms with Crippen molar-refractivity contribution in [2.75, 3.05) is 0 Å². The van der Waals surface area contributed by atoms with E-state index in [4.69, 9.17) is 5.73 Å². The molecule has 0 aliphatic carbocycles. The molecule has 1 unspecified atom stereocenters. The highest BCUT2D eigenvalue weighted by molar-refractivity contribution is 14.1. The Balaban J connectivity index is 2.15. The van der Waals surface area contributed by atoms with Crippen molar-refractivity contribution in [1.82, 2.24) is 0 Å². The second-order valence-corrected chi connectivity index (χ2v) is 6.54. The first-order valence-electron chi connectivity index (χ1n) is 4.99. The Morgan fingerprint density at radius 1 is 1.29 bits per heavy atom. The van der Waals surface area contributed by atoms with Crippen LogP contribution in [0.4, 0.5) is 8.78 Å². The Kier molecular flexibility index (Phi) is 4.11. The summed E-state index contributed by atoms with van der Waals surface area (Å²) < 4.78 is 27.3. The molecule has 0 amide bonds. The summed E-state index contributed by atoms with van der Waals surface area (Å²) in [5.41, 5.74) is 7.42. The summed E-state index contributed by atoms with van der Waals surface area (Å²) in [6, 6.07) is 5.32. The fraction of sp³-hybridized carbons (Fsp3) is 0.167. The van der Waals surface area contributed by atoms with Gasteiger partial charge in [-0.25, -0.2) is 8.78 Å². The molecule has 2 aromatic rings. The topological polar surface area (TPSA) is 26.0 Å². The molecule has 17 heavy (non-hydrogen) atoms. The molecule has 2 rings (SSSR count). The number of thiophene rings is 1. The van der Waals surface area contributed by atoms with E-state index in [-0.39, 0.29) is 6.04 Å². The van der Waals surface area contributed by atoms with E-state index in [2.05, 4.69) is 22.6 Å². The van der Waals surface area contributed by atoms with Crippen molar-refractivity contribution >= 4 is 33.9 Å². The van der Waals surface area contributed by atoms with Gasteiger partial charge in [0.25, 0.3) is 0 Å². The summed E-state index contributed by atoms with van der Waals surface area (Å²) in [4.78, 5) is 0. The molecule has 1 atom stereocenters. The minimum Gasteiger partial charge on any atom is -0.324 e. The van der Waals surface area contributed by atoms with Gasteiger partial charge in [0.15, 0.2) is 0 Å². The van der Waals surface area contributed by atoms with Crippen LogP contribution in [-0.2, 0) is 6.42 Å². The molecule has 2 N–H and O–H groups in total. The molecule has 0 fully saturated rings. The van der Waals surface area contributed by atoms with E-state index in [0.717, 1.165) is 14.5 Å². The number of rotatable bonds is 3.